The molecule has 158 valence electrons. The van der Waals surface area contributed by atoms with E-state index in [0.29, 0.717) is 29.4 Å². The van der Waals surface area contributed by atoms with Crippen molar-refractivity contribution in [3.8, 4) is 5.75 Å². The van der Waals surface area contributed by atoms with Crippen molar-refractivity contribution in [2.75, 3.05) is 5.32 Å². The summed E-state index contributed by atoms with van der Waals surface area (Å²) in [5.74, 6) is 0.550. The summed E-state index contributed by atoms with van der Waals surface area (Å²) < 4.78 is 9.36. The predicted molar refractivity (Wildman–Crippen MR) is 119 cm³/mol. The summed E-state index contributed by atoms with van der Waals surface area (Å²) in [5, 5.41) is 12.1. The molecule has 0 atom stereocenters. The number of ether oxygens (including phenoxy) is 1. The number of hydrogen-bond donors (Lipinski definition) is 1. The van der Waals surface area contributed by atoms with E-state index < -0.39 is 0 Å². The molecule has 0 saturated carbocycles. The fourth-order valence-electron chi connectivity index (χ4n) is 3.02. The van der Waals surface area contributed by atoms with Crippen molar-refractivity contribution in [3.05, 3.63) is 95.0 Å². The van der Waals surface area contributed by atoms with Crippen LogP contribution < -0.4 is 10.1 Å². The molecule has 2 aromatic heterocycles. The van der Waals surface area contributed by atoms with Gasteiger partial charge < -0.3 is 10.1 Å². The molecule has 1 N–H and O–H groups in total. The molecule has 2 aromatic carbocycles. The van der Waals surface area contributed by atoms with Crippen LogP contribution >= 0.6 is 11.6 Å². The molecule has 0 aliphatic carbocycles. The number of nitrogens with zero attached hydrogens (tertiary/aromatic N) is 4. The molecule has 0 unspecified atom stereocenters. The Morgan fingerprint density at radius 2 is 1.71 bits per heavy atom. The number of carbonyl (C=O) groups is 1. The van der Waals surface area contributed by atoms with Crippen LogP contribution in [-0.4, -0.2) is 25.5 Å². The lowest BCUT2D eigenvalue weighted by molar-refractivity contribution is 0.102. The highest BCUT2D eigenvalue weighted by Crippen LogP contribution is 2.17. The highest BCUT2D eigenvalue weighted by atomic mass is 35.5. The van der Waals surface area contributed by atoms with Crippen LogP contribution in [0.4, 0.5) is 5.69 Å². The lowest BCUT2D eigenvalue weighted by Gasteiger charge is -2.07. The molecule has 0 bridgehead atoms. The molecular weight excluding hydrogens is 414 g/mol. The number of aromatic nitrogens is 4. The van der Waals surface area contributed by atoms with Crippen molar-refractivity contribution in [1.82, 2.24) is 19.6 Å². The lowest BCUT2D eigenvalue weighted by atomic mass is 10.1. The van der Waals surface area contributed by atoms with Gasteiger partial charge in [0.1, 0.15) is 12.4 Å². The molecule has 0 aliphatic heterocycles. The Bertz CT molecular complexity index is 1150. The van der Waals surface area contributed by atoms with Crippen molar-refractivity contribution >= 4 is 23.2 Å². The van der Waals surface area contributed by atoms with Crippen molar-refractivity contribution in [1.29, 1.82) is 0 Å². The summed E-state index contributed by atoms with van der Waals surface area (Å²) in [7, 11) is 0. The van der Waals surface area contributed by atoms with E-state index in [1.54, 1.807) is 41.3 Å². The predicted octanol–water partition coefficient (Wildman–Crippen LogP) is 4.63. The second kappa shape index (κ2) is 9.49. The maximum absolute atomic E-state index is 12.5. The monoisotopic (exact) mass is 435 g/mol. The van der Waals surface area contributed by atoms with E-state index >= 15 is 0 Å². The first-order valence-electron chi connectivity index (χ1n) is 9.91. The van der Waals surface area contributed by atoms with Crippen LogP contribution in [0.25, 0.3) is 0 Å². The van der Waals surface area contributed by atoms with Crippen LogP contribution in [0, 0.1) is 0 Å². The standard InChI is InChI=1S/C23H22ClN5O2/c1-2-28-13-18(11-25-28)14-29-15-21(12-26-29)27-23(30)19-5-3-17(4-6-19)16-31-22-9-7-20(24)8-10-22/h3-13,15H,2,14,16H2,1H3,(H,27,30). The highest BCUT2D eigenvalue weighted by Gasteiger charge is 2.09. The second-order valence-corrected chi connectivity index (χ2v) is 7.46. The maximum atomic E-state index is 12.5. The largest absolute Gasteiger partial charge is 0.489 e. The van der Waals surface area contributed by atoms with Gasteiger partial charge in [-0.25, -0.2) is 0 Å². The van der Waals surface area contributed by atoms with E-state index in [1.807, 2.05) is 48.3 Å². The third-order valence-electron chi connectivity index (χ3n) is 4.68. The van der Waals surface area contributed by atoms with Gasteiger partial charge in [-0.15, -0.1) is 0 Å². The number of anilines is 1. The fraction of sp³-hybridized carbons (Fsp3) is 0.174. The van der Waals surface area contributed by atoms with Gasteiger partial charge in [0.25, 0.3) is 5.91 Å². The zero-order chi connectivity index (χ0) is 21.6. The van der Waals surface area contributed by atoms with E-state index in [2.05, 4.69) is 15.5 Å². The number of hydrogen-bond acceptors (Lipinski definition) is 4. The molecule has 7 nitrogen and oxygen atoms in total. The minimum Gasteiger partial charge on any atom is -0.489 e. The molecule has 4 aromatic rings. The zero-order valence-corrected chi connectivity index (χ0v) is 17.8. The molecule has 4 rings (SSSR count). The number of carbonyl (C=O) groups excluding carboxylic acids is 1. The topological polar surface area (TPSA) is 74.0 Å². The molecule has 0 spiro atoms. The first kappa shape index (κ1) is 20.7. The smallest absolute Gasteiger partial charge is 0.255 e. The van der Waals surface area contributed by atoms with Crippen LogP contribution in [-0.2, 0) is 19.7 Å². The number of aryl methyl sites for hydroxylation is 1. The van der Waals surface area contributed by atoms with Crippen molar-refractivity contribution in [2.24, 2.45) is 0 Å². The van der Waals surface area contributed by atoms with Gasteiger partial charge in [-0.2, -0.15) is 10.2 Å². The first-order valence-corrected chi connectivity index (χ1v) is 10.3. The molecule has 0 saturated heterocycles. The second-order valence-electron chi connectivity index (χ2n) is 7.02. The van der Waals surface area contributed by atoms with Gasteiger partial charge in [-0.3, -0.25) is 14.2 Å². The summed E-state index contributed by atoms with van der Waals surface area (Å²) in [6.45, 7) is 3.87. The van der Waals surface area contributed by atoms with Crippen LogP contribution in [0.15, 0.2) is 73.3 Å². The summed E-state index contributed by atoms with van der Waals surface area (Å²) in [6.07, 6.45) is 7.24. The van der Waals surface area contributed by atoms with Crippen molar-refractivity contribution < 1.29 is 9.53 Å². The molecular formula is C23H22ClN5O2. The molecule has 0 fully saturated rings. The number of rotatable bonds is 8. The Balaban J connectivity index is 1.31. The molecule has 8 heteroatoms. The van der Waals surface area contributed by atoms with Gasteiger partial charge in [-0.05, 0) is 48.9 Å². The number of amides is 1. The molecule has 31 heavy (non-hydrogen) atoms. The lowest BCUT2D eigenvalue weighted by Crippen LogP contribution is -2.11. The minimum atomic E-state index is -0.191. The number of nitrogens with one attached hydrogen (secondary N) is 1. The maximum Gasteiger partial charge on any atom is 0.255 e. The average Bonchev–Trinajstić information content (AvgIpc) is 3.43. The Hall–Kier alpha value is -3.58. The molecule has 2 heterocycles. The third-order valence-corrected chi connectivity index (χ3v) is 4.93. The highest BCUT2D eigenvalue weighted by molar-refractivity contribution is 6.30. The Labute approximate surface area is 185 Å². The third kappa shape index (κ3) is 5.52. The Kier molecular flexibility index (Phi) is 6.33. The molecule has 0 aliphatic rings. The van der Waals surface area contributed by atoms with Crippen LogP contribution in [0.3, 0.4) is 0 Å². The SMILES string of the molecule is CCn1cc(Cn2cc(NC(=O)c3ccc(COc4ccc(Cl)cc4)cc3)cn2)cn1. The summed E-state index contributed by atoms with van der Waals surface area (Å²) in [4.78, 5) is 12.5. The van der Waals surface area contributed by atoms with Gasteiger partial charge >= 0.3 is 0 Å². The van der Waals surface area contributed by atoms with Crippen LogP contribution in [0.2, 0.25) is 5.02 Å². The first-order chi connectivity index (χ1) is 15.1. The van der Waals surface area contributed by atoms with E-state index in [0.717, 1.165) is 23.4 Å². The molecule has 1 amide bonds. The van der Waals surface area contributed by atoms with E-state index in [4.69, 9.17) is 16.3 Å². The Morgan fingerprint density at radius 1 is 0.968 bits per heavy atom. The van der Waals surface area contributed by atoms with Crippen LogP contribution in [0.1, 0.15) is 28.4 Å². The van der Waals surface area contributed by atoms with Crippen molar-refractivity contribution in [3.63, 3.8) is 0 Å². The number of halogens is 1. The van der Waals surface area contributed by atoms with Crippen molar-refractivity contribution in [2.45, 2.75) is 26.6 Å². The summed E-state index contributed by atoms with van der Waals surface area (Å²) in [5.41, 5.74) is 3.22. The van der Waals surface area contributed by atoms with E-state index in [9.17, 15) is 4.79 Å². The van der Waals surface area contributed by atoms with Gasteiger partial charge in [0.15, 0.2) is 0 Å². The van der Waals surface area contributed by atoms with E-state index in [1.165, 1.54) is 0 Å². The zero-order valence-electron chi connectivity index (χ0n) is 17.0. The minimum absolute atomic E-state index is 0.191. The van der Waals surface area contributed by atoms with Gasteiger partial charge in [0.2, 0.25) is 0 Å². The summed E-state index contributed by atoms with van der Waals surface area (Å²) >= 11 is 5.88. The van der Waals surface area contributed by atoms with E-state index in [-0.39, 0.29) is 5.91 Å². The molecule has 0 radical (unpaired) electrons. The average molecular weight is 436 g/mol. The summed E-state index contributed by atoms with van der Waals surface area (Å²) in [6, 6.07) is 14.5. The quantitative estimate of drug-likeness (QED) is 0.437. The van der Waals surface area contributed by atoms with Crippen LogP contribution in [0.5, 0.6) is 5.75 Å². The van der Waals surface area contributed by atoms with Gasteiger partial charge in [0.05, 0.1) is 24.6 Å². The normalized spacial score (nSPS) is 10.8. The van der Waals surface area contributed by atoms with Gasteiger partial charge in [-0.1, -0.05) is 23.7 Å². The number of benzene rings is 2. The Morgan fingerprint density at radius 3 is 2.42 bits per heavy atom. The fourth-order valence-corrected chi connectivity index (χ4v) is 3.14. The van der Waals surface area contributed by atoms with Gasteiger partial charge in [0, 0.05) is 35.1 Å².